The summed E-state index contributed by atoms with van der Waals surface area (Å²) in [5, 5.41) is 20.7. The average Bonchev–Trinajstić information content (AvgIpc) is 2.78. The summed E-state index contributed by atoms with van der Waals surface area (Å²) in [6, 6.07) is 1.85. The molecule has 0 spiro atoms. The average molecular weight is 216 g/mol. The van der Waals surface area contributed by atoms with Crippen molar-refractivity contribution in [1.82, 2.24) is 15.1 Å². The minimum atomic E-state index is -1.18. The number of nitrogens with zero attached hydrogens (tertiary/aromatic N) is 4. The maximum Gasteiger partial charge on any atom is 0.341 e. The Balaban J connectivity index is 2.47. The van der Waals surface area contributed by atoms with Gasteiger partial charge in [0.25, 0.3) is 0 Å². The summed E-state index contributed by atoms with van der Waals surface area (Å²) in [5.41, 5.74) is 0.157. The molecule has 1 N–H and O–H groups in total. The van der Waals surface area contributed by atoms with Crippen molar-refractivity contribution in [2.45, 2.75) is 0 Å². The van der Waals surface area contributed by atoms with Crippen LogP contribution in [-0.4, -0.2) is 26.2 Å². The highest BCUT2D eigenvalue weighted by Gasteiger charge is 2.18. The predicted octanol–water partition coefficient (Wildman–Crippen LogP) is 0.701. The Hall–Kier alpha value is -2.75. The molecule has 7 nitrogen and oxygen atoms in total. The maximum absolute atomic E-state index is 10.8. The van der Waals surface area contributed by atoms with E-state index in [4.69, 9.17) is 14.9 Å². The molecule has 2 aromatic rings. The van der Waals surface area contributed by atoms with Gasteiger partial charge in [-0.3, -0.25) is 0 Å². The number of aromatic nitrogens is 3. The number of aromatic carboxylic acids is 1. The molecule has 16 heavy (non-hydrogen) atoms. The normalized spacial score (nSPS) is 9.69. The third kappa shape index (κ3) is 1.59. The Bertz CT molecular complexity index is 567. The van der Waals surface area contributed by atoms with Crippen molar-refractivity contribution in [3.63, 3.8) is 0 Å². The maximum atomic E-state index is 10.8. The van der Waals surface area contributed by atoms with Crippen molar-refractivity contribution in [2.75, 3.05) is 0 Å². The van der Waals surface area contributed by atoms with Gasteiger partial charge in [-0.2, -0.15) is 5.26 Å². The van der Waals surface area contributed by atoms with E-state index in [1.54, 1.807) is 0 Å². The van der Waals surface area contributed by atoms with Gasteiger partial charge in [0, 0.05) is 12.4 Å². The molecule has 0 aromatic carbocycles. The van der Waals surface area contributed by atoms with Crippen LogP contribution >= 0.6 is 0 Å². The van der Waals surface area contributed by atoms with Crippen molar-refractivity contribution >= 4 is 5.97 Å². The second-order valence-electron chi connectivity index (χ2n) is 2.78. The number of rotatable bonds is 2. The predicted molar refractivity (Wildman–Crippen MR) is 49.2 cm³/mol. The second kappa shape index (κ2) is 3.78. The Labute approximate surface area is 89.0 Å². The standard InChI is InChI=1S/C9H4N4O3/c10-1-5-2-11-8(12-3-5)7-6(9(14)15)4-13-16-7/h2-4H,(H,14,15). The second-order valence-corrected chi connectivity index (χ2v) is 2.78. The molecule has 0 radical (unpaired) electrons. The summed E-state index contributed by atoms with van der Waals surface area (Å²) in [6.45, 7) is 0. The van der Waals surface area contributed by atoms with E-state index < -0.39 is 5.97 Å². The number of carboxylic acids is 1. The molecular formula is C9H4N4O3. The summed E-state index contributed by atoms with van der Waals surface area (Å²) in [4.78, 5) is 18.4. The van der Waals surface area contributed by atoms with Crippen LogP contribution in [0.2, 0.25) is 0 Å². The van der Waals surface area contributed by atoms with Crippen LogP contribution in [0.3, 0.4) is 0 Å². The monoisotopic (exact) mass is 216 g/mol. The number of hydrogen-bond donors (Lipinski definition) is 1. The van der Waals surface area contributed by atoms with Crippen LogP contribution in [0.4, 0.5) is 0 Å². The first-order valence-electron chi connectivity index (χ1n) is 4.13. The number of carboxylic acid groups (broad SMARTS) is 1. The van der Waals surface area contributed by atoms with E-state index >= 15 is 0 Å². The lowest BCUT2D eigenvalue weighted by atomic mass is 10.2. The molecule has 7 heteroatoms. The highest BCUT2D eigenvalue weighted by atomic mass is 16.5. The van der Waals surface area contributed by atoms with E-state index in [1.807, 2.05) is 6.07 Å². The first-order valence-corrected chi connectivity index (χ1v) is 4.13. The van der Waals surface area contributed by atoms with Gasteiger partial charge in [0.15, 0.2) is 5.82 Å². The van der Waals surface area contributed by atoms with Crippen LogP contribution in [0.15, 0.2) is 23.1 Å². The van der Waals surface area contributed by atoms with Crippen LogP contribution in [0.5, 0.6) is 0 Å². The van der Waals surface area contributed by atoms with Crippen LogP contribution in [-0.2, 0) is 0 Å². The van der Waals surface area contributed by atoms with Crippen LogP contribution in [0, 0.1) is 11.3 Å². The first kappa shape index (κ1) is 9.79. The largest absolute Gasteiger partial charge is 0.477 e. The Morgan fingerprint density at radius 3 is 2.62 bits per heavy atom. The van der Waals surface area contributed by atoms with Crippen LogP contribution < -0.4 is 0 Å². The summed E-state index contributed by atoms with van der Waals surface area (Å²) < 4.78 is 4.75. The molecule has 0 unspecified atom stereocenters. The molecule has 0 saturated heterocycles. The van der Waals surface area contributed by atoms with Gasteiger partial charge >= 0.3 is 5.97 Å². The van der Waals surface area contributed by atoms with E-state index in [0.29, 0.717) is 0 Å². The highest BCUT2D eigenvalue weighted by Crippen LogP contribution is 2.19. The molecule has 2 heterocycles. The summed E-state index contributed by atoms with van der Waals surface area (Å²) in [5.74, 6) is -1.13. The Kier molecular flexibility index (Phi) is 2.31. The van der Waals surface area contributed by atoms with E-state index in [9.17, 15) is 4.79 Å². The molecule has 0 atom stereocenters. The van der Waals surface area contributed by atoms with E-state index in [0.717, 1.165) is 6.20 Å². The molecule has 0 aliphatic heterocycles. The SMILES string of the molecule is N#Cc1cnc(-c2oncc2C(=O)O)nc1. The van der Waals surface area contributed by atoms with E-state index in [1.165, 1.54) is 12.4 Å². The third-order valence-electron chi connectivity index (χ3n) is 1.78. The van der Waals surface area contributed by atoms with Gasteiger partial charge in [-0.25, -0.2) is 14.8 Å². The van der Waals surface area contributed by atoms with Crippen molar-refractivity contribution < 1.29 is 14.4 Å². The molecule has 2 rings (SSSR count). The van der Waals surface area contributed by atoms with E-state index in [2.05, 4.69) is 15.1 Å². The first-order chi connectivity index (χ1) is 7.72. The van der Waals surface area contributed by atoms with Gasteiger partial charge in [0.05, 0.1) is 11.8 Å². The minimum absolute atomic E-state index is 0.0306. The lowest BCUT2D eigenvalue weighted by Crippen LogP contribution is -1.98. The van der Waals surface area contributed by atoms with Gasteiger partial charge in [0.1, 0.15) is 11.6 Å². The molecular weight excluding hydrogens is 212 g/mol. The topological polar surface area (TPSA) is 113 Å². The fraction of sp³-hybridized carbons (Fsp3) is 0. The third-order valence-corrected chi connectivity index (χ3v) is 1.78. The fourth-order valence-electron chi connectivity index (χ4n) is 1.06. The van der Waals surface area contributed by atoms with Gasteiger partial charge < -0.3 is 9.63 Å². The summed E-state index contributed by atoms with van der Waals surface area (Å²) in [6.07, 6.45) is 3.62. The zero-order chi connectivity index (χ0) is 11.5. The zero-order valence-corrected chi connectivity index (χ0v) is 7.78. The van der Waals surface area contributed by atoms with Crippen molar-refractivity contribution in [3.8, 4) is 17.7 Å². The number of hydrogen-bond acceptors (Lipinski definition) is 6. The fourth-order valence-corrected chi connectivity index (χ4v) is 1.06. The quantitative estimate of drug-likeness (QED) is 0.785. The smallest absolute Gasteiger partial charge is 0.341 e. The molecule has 0 bridgehead atoms. The summed E-state index contributed by atoms with van der Waals surface area (Å²) >= 11 is 0. The van der Waals surface area contributed by atoms with Gasteiger partial charge in [-0.05, 0) is 0 Å². The van der Waals surface area contributed by atoms with Crippen molar-refractivity contribution in [1.29, 1.82) is 5.26 Å². The van der Waals surface area contributed by atoms with Crippen molar-refractivity contribution in [3.05, 3.63) is 29.7 Å². The van der Waals surface area contributed by atoms with Gasteiger partial charge in [0.2, 0.25) is 5.76 Å². The molecule has 78 valence electrons. The molecule has 0 aliphatic carbocycles. The molecule has 0 amide bonds. The molecule has 2 aromatic heterocycles. The van der Waals surface area contributed by atoms with Crippen LogP contribution in [0.25, 0.3) is 11.6 Å². The molecule has 0 aliphatic rings. The highest BCUT2D eigenvalue weighted by molar-refractivity contribution is 5.92. The van der Waals surface area contributed by atoms with Gasteiger partial charge in [-0.15, -0.1) is 0 Å². The number of nitriles is 1. The zero-order valence-electron chi connectivity index (χ0n) is 7.78. The lowest BCUT2D eigenvalue weighted by Gasteiger charge is -1.95. The van der Waals surface area contributed by atoms with Crippen molar-refractivity contribution in [2.24, 2.45) is 0 Å². The number of carbonyl (C=O) groups is 1. The van der Waals surface area contributed by atoms with E-state index in [-0.39, 0.29) is 22.7 Å². The Morgan fingerprint density at radius 1 is 1.38 bits per heavy atom. The molecule has 0 fully saturated rings. The van der Waals surface area contributed by atoms with Crippen LogP contribution in [0.1, 0.15) is 15.9 Å². The lowest BCUT2D eigenvalue weighted by molar-refractivity contribution is 0.0697. The minimum Gasteiger partial charge on any atom is -0.477 e. The van der Waals surface area contributed by atoms with Gasteiger partial charge in [-0.1, -0.05) is 5.16 Å². The Morgan fingerprint density at radius 2 is 2.06 bits per heavy atom. The summed E-state index contributed by atoms with van der Waals surface area (Å²) in [7, 11) is 0. The molecule has 0 saturated carbocycles.